The molecule has 4 aliphatic heterocycles. The van der Waals surface area contributed by atoms with E-state index in [1.807, 2.05) is 13.0 Å². The van der Waals surface area contributed by atoms with E-state index < -0.39 is 33.5 Å². The van der Waals surface area contributed by atoms with Gasteiger partial charge in [-0.15, -0.1) is 0 Å². The maximum atomic E-state index is 15.8. The van der Waals surface area contributed by atoms with E-state index in [0.29, 0.717) is 54.3 Å². The molecule has 1 N–H and O–H groups in total. The van der Waals surface area contributed by atoms with Crippen molar-refractivity contribution in [2.24, 2.45) is 5.41 Å². The molecule has 3 aromatic rings. The quantitative estimate of drug-likeness (QED) is 0.338. The zero-order valence-electron chi connectivity index (χ0n) is 30.5. The number of carbonyl (C=O) groups is 2. The third-order valence-electron chi connectivity index (χ3n) is 11.1. The van der Waals surface area contributed by atoms with Crippen LogP contribution in [0.3, 0.4) is 0 Å². The summed E-state index contributed by atoms with van der Waals surface area (Å²) >= 11 is 6.93. The number of benzene rings is 2. The number of halogens is 2. The normalized spacial score (nSPS) is 20.5. The van der Waals surface area contributed by atoms with Gasteiger partial charge in [0, 0.05) is 82.5 Å². The van der Waals surface area contributed by atoms with Crippen LogP contribution in [0.25, 0.3) is 11.0 Å². The fourth-order valence-electron chi connectivity index (χ4n) is 7.95. The molecule has 3 saturated heterocycles. The van der Waals surface area contributed by atoms with Gasteiger partial charge in [-0.25, -0.2) is 13.9 Å². The van der Waals surface area contributed by atoms with Gasteiger partial charge in [-0.1, -0.05) is 11.6 Å². The minimum absolute atomic E-state index is 0.139. The van der Waals surface area contributed by atoms with Crippen LogP contribution in [0.5, 0.6) is 0 Å². The minimum Gasteiger partial charge on any atom is -0.422 e. The first kappa shape index (κ1) is 37.5. The fourth-order valence-corrected chi connectivity index (χ4v) is 9.50. The van der Waals surface area contributed by atoms with Crippen molar-refractivity contribution in [1.82, 2.24) is 18.8 Å². The number of nitrogens with zero attached hydrogens (tertiary/aromatic N) is 5. The minimum atomic E-state index is -4.22. The summed E-state index contributed by atoms with van der Waals surface area (Å²) in [6.45, 7) is 6.19. The number of carbonyl (C=O) groups excluding carboxylic acids is 2. The molecular formula is C36H44ClFN6O8S. The summed E-state index contributed by atoms with van der Waals surface area (Å²) in [4.78, 5) is 48.1. The molecule has 1 aromatic heterocycles. The average molecular weight is 775 g/mol. The third-order valence-corrected chi connectivity index (χ3v) is 12.9. The van der Waals surface area contributed by atoms with E-state index in [1.165, 1.54) is 20.2 Å². The van der Waals surface area contributed by atoms with Crippen molar-refractivity contribution in [2.45, 2.75) is 32.4 Å². The van der Waals surface area contributed by atoms with E-state index in [-0.39, 0.29) is 66.4 Å². The first-order valence-electron chi connectivity index (χ1n) is 17.5. The third kappa shape index (κ3) is 6.78. The van der Waals surface area contributed by atoms with Gasteiger partial charge in [-0.2, -0.15) is 12.7 Å². The van der Waals surface area contributed by atoms with Crippen LogP contribution in [-0.4, -0.2) is 128 Å². The molecule has 0 bridgehead atoms. The smallest absolute Gasteiger partial charge is 0.341 e. The van der Waals surface area contributed by atoms with Gasteiger partial charge in [0.2, 0.25) is 0 Å². The van der Waals surface area contributed by atoms with Crippen molar-refractivity contribution in [3.05, 3.63) is 67.3 Å². The lowest BCUT2D eigenvalue weighted by atomic mass is 9.86. The van der Waals surface area contributed by atoms with Crippen LogP contribution in [-0.2, 0) is 32.6 Å². The summed E-state index contributed by atoms with van der Waals surface area (Å²) in [6.07, 6.45) is 0.896. The van der Waals surface area contributed by atoms with Crippen LogP contribution in [0.4, 0.5) is 15.8 Å². The number of anilines is 2. The standard InChI is InChI=1S/C36H44ClFN6O8S/c1-21-29(42-11-10-41(4)22(15-42)17-50-5)14-27(37)31-23-6-8-43(16-26(23)35(47)52-32(21)31)34(46)24-13-30(40(2)3)25(12-28(24)38)33(45)39-53(48,49)44-9-7-36(18-44)19-51-20-36/h12-14,22H,6-11,15-20H2,1-5H3,(H,39,45)/t22-/m1/s1. The molecule has 0 radical (unpaired) electrons. The van der Waals surface area contributed by atoms with Gasteiger partial charge in [0.05, 0.1) is 59.8 Å². The molecule has 1 spiro atoms. The predicted molar refractivity (Wildman–Crippen MR) is 198 cm³/mol. The molecule has 53 heavy (non-hydrogen) atoms. The van der Waals surface area contributed by atoms with Gasteiger partial charge in [0.1, 0.15) is 11.4 Å². The Morgan fingerprint density at radius 3 is 2.53 bits per heavy atom. The first-order valence-corrected chi connectivity index (χ1v) is 19.4. The van der Waals surface area contributed by atoms with E-state index in [2.05, 4.69) is 21.6 Å². The van der Waals surface area contributed by atoms with Crippen LogP contribution in [0, 0.1) is 18.2 Å². The average Bonchev–Trinajstić information content (AvgIpc) is 3.58. The van der Waals surface area contributed by atoms with Gasteiger partial charge in [-0.05, 0) is 50.6 Å². The van der Waals surface area contributed by atoms with Crippen LogP contribution in [0.15, 0.2) is 27.4 Å². The van der Waals surface area contributed by atoms with Crippen LogP contribution in [0.2, 0.25) is 5.02 Å². The number of hydrogen-bond donors (Lipinski definition) is 1. The van der Waals surface area contributed by atoms with E-state index in [4.69, 9.17) is 25.5 Å². The molecule has 0 unspecified atom stereocenters. The summed E-state index contributed by atoms with van der Waals surface area (Å²) in [7, 11) is 2.72. The molecule has 2 amide bonds. The van der Waals surface area contributed by atoms with Crippen LogP contribution in [0.1, 0.15) is 43.8 Å². The topological polar surface area (TPSA) is 145 Å². The molecule has 286 valence electrons. The second-order valence-electron chi connectivity index (χ2n) is 14.8. The lowest BCUT2D eigenvalue weighted by Crippen LogP contribution is -2.53. The molecule has 2 aromatic carbocycles. The molecule has 4 aliphatic rings. The number of ether oxygens (including phenoxy) is 2. The zero-order valence-corrected chi connectivity index (χ0v) is 32.0. The van der Waals surface area contributed by atoms with Gasteiger partial charge in [0.25, 0.3) is 11.8 Å². The van der Waals surface area contributed by atoms with Crippen molar-refractivity contribution >= 4 is 56.0 Å². The van der Waals surface area contributed by atoms with E-state index in [9.17, 15) is 22.8 Å². The maximum Gasteiger partial charge on any atom is 0.341 e. The molecule has 3 fully saturated rings. The fraction of sp³-hybridized carbons (Fsp3) is 0.528. The van der Waals surface area contributed by atoms with Crippen molar-refractivity contribution in [3.8, 4) is 0 Å². The number of rotatable bonds is 8. The number of nitrogens with one attached hydrogen (secondary N) is 1. The molecule has 17 heteroatoms. The molecule has 7 rings (SSSR count). The summed E-state index contributed by atoms with van der Waals surface area (Å²) in [5.74, 6) is -2.72. The maximum absolute atomic E-state index is 15.8. The van der Waals surface area contributed by atoms with Crippen molar-refractivity contribution in [1.29, 1.82) is 0 Å². The van der Waals surface area contributed by atoms with Crippen LogP contribution < -0.4 is 20.1 Å². The highest BCUT2D eigenvalue weighted by atomic mass is 35.5. The molecule has 0 aliphatic carbocycles. The Hall–Kier alpha value is -3.80. The number of aryl methyl sites for hydroxylation is 1. The van der Waals surface area contributed by atoms with E-state index in [0.717, 1.165) is 30.4 Å². The largest absolute Gasteiger partial charge is 0.422 e. The highest BCUT2D eigenvalue weighted by Crippen LogP contribution is 2.40. The van der Waals surface area contributed by atoms with Crippen molar-refractivity contribution < 1.29 is 36.3 Å². The summed E-state index contributed by atoms with van der Waals surface area (Å²) in [6, 6.07) is 4.18. The number of methoxy groups -OCH3 is 1. The Kier molecular flexibility index (Phi) is 10.00. The Labute approximate surface area is 312 Å². The van der Waals surface area contributed by atoms with E-state index >= 15 is 4.39 Å². The Morgan fingerprint density at radius 2 is 1.87 bits per heavy atom. The second-order valence-corrected chi connectivity index (χ2v) is 16.9. The number of piperazine rings is 1. The van der Waals surface area contributed by atoms with Gasteiger partial charge in [-0.3, -0.25) is 14.5 Å². The Bertz CT molecular complexity index is 2160. The van der Waals surface area contributed by atoms with E-state index in [1.54, 1.807) is 21.2 Å². The lowest BCUT2D eigenvalue weighted by molar-refractivity contribution is -0.102. The monoisotopic (exact) mass is 774 g/mol. The second kappa shape index (κ2) is 14.1. The Balaban J connectivity index is 1.13. The number of likely N-dealkylation sites (N-methyl/N-ethyl adjacent to an activating group) is 1. The first-order chi connectivity index (χ1) is 25.1. The lowest BCUT2D eigenvalue weighted by Gasteiger charge is -2.41. The van der Waals surface area contributed by atoms with Crippen molar-refractivity contribution in [3.63, 3.8) is 0 Å². The summed E-state index contributed by atoms with van der Waals surface area (Å²) in [5, 5.41) is 1.05. The molecule has 14 nitrogen and oxygen atoms in total. The van der Waals surface area contributed by atoms with Crippen LogP contribution >= 0.6 is 11.6 Å². The predicted octanol–water partition coefficient (Wildman–Crippen LogP) is 2.62. The highest BCUT2D eigenvalue weighted by Gasteiger charge is 2.48. The van der Waals surface area contributed by atoms with Gasteiger partial charge < -0.3 is 28.6 Å². The van der Waals surface area contributed by atoms with Crippen molar-refractivity contribution in [2.75, 3.05) is 97.1 Å². The number of fused-ring (bicyclic) bond motifs is 3. The SMILES string of the molecule is COC[C@H]1CN(c2cc(Cl)c3c4c(c(=O)oc3c2C)CN(C(=O)c2cc(N(C)C)c(C(=O)NS(=O)(=O)N3CCC5(COC5)C3)cc2F)CC4)CCN1C. The molecule has 5 heterocycles. The summed E-state index contributed by atoms with van der Waals surface area (Å²) in [5.41, 5.74) is 1.74. The molecular weight excluding hydrogens is 731 g/mol. The Morgan fingerprint density at radius 1 is 1.11 bits per heavy atom. The van der Waals surface area contributed by atoms with Gasteiger partial charge in [0.15, 0.2) is 0 Å². The number of hydrogen-bond acceptors (Lipinski definition) is 11. The highest BCUT2D eigenvalue weighted by molar-refractivity contribution is 7.87. The molecule has 1 atom stereocenters. The molecule has 0 saturated carbocycles. The number of amides is 2. The summed E-state index contributed by atoms with van der Waals surface area (Å²) < 4.78 is 61.9. The zero-order chi connectivity index (χ0) is 38.0. The van der Waals surface area contributed by atoms with Gasteiger partial charge >= 0.3 is 15.8 Å².